The molecule has 2 aromatic heterocycles. The van der Waals surface area contributed by atoms with Crippen molar-refractivity contribution in [3.05, 3.63) is 167 Å². The molecule has 0 atom stereocenters. The number of hydrogen-bond acceptors (Lipinski definition) is 3. The Morgan fingerprint density at radius 1 is 0.661 bits per heavy atom. The molecule has 2 heterocycles. The van der Waals surface area contributed by atoms with Gasteiger partial charge in [0.2, 0.25) is 0 Å². The summed E-state index contributed by atoms with van der Waals surface area (Å²) in [5.74, 6) is 0.958. The minimum atomic E-state index is -0.451. The minimum absolute atomic E-state index is 0.0312. The average molecular weight is 823 g/mol. The first kappa shape index (κ1) is 34.3. The number of phenols is 1. The van der Waals surface area contributed by atoms with Gasteiger partial charge in [0.1, 0.15) is 11.6 Å². The molecular formula is C58H61N3O. The lowest BCUT2D eigenvalue weighted by atomic mass is 9.81. The first-order valence-electron chi connectivity index (χ1n) is 25.3. The van der Waals surface area contributed by atoms with Gasteiger partial charge < -0.3 is 5.11 Å². The first-order valence-corrected chi connectivity index (χ1v) is 21.8. The third-order valence-electron chi connectivity index (χ3n) is 12.3. The number of aromatic nitrogens is 3. The maximum Gasteiger partial charge on any atom is 0.149 e. The summed E-state index contributed by atoms with van der Waals surface area (Å²) < 4.78 is 64.4. The minimum Gasteiger partial charge on any atom is -0.507 e. The number of nitrogens with zero attached hydrogens (tertiary/aromatic N) is 3. The number of rotatable bonds is 10. The Balaban J connectivity index is 1.48. The van der Waals surface area contributed by atoms with Gasteiger partial charge in [0.15, 0.2) is 0 Å². The smallest absolute Gasteiger partial charge is 0.149 e. The van der Waals surface area contributed by atoms with Crippen molar-refractivity contribution < 1.29 is 14.7 Å². The van der Waals surface area contributed by atoms with Crippen molar-refractivity contribution in [1.82, 2.24) is 14.5 Å². The number of imidazole rings is 1. The summed E-state index contributed by atoms with van der Waals surface area (Å²) in [6.07, 6.45) is 0.496. The molecule has 4 nitrogen and oxygen atoms in total. The normalized spacial score (nSPS) is 13.8. The van der Waals surface area contributed by atoms with E-state index in [1.165, 1.54) is 12.5 Å². The summed E-state index contributed by atoms with van der Waals surface area (Å²) in [6.45, 7) is 23.0. The number of aromatic hydroxyl groups is 1. The highest BCUT2D eigenvalue weighted by molar-refractivity contribution is 5.98. The van der Waals surface area contributed by atoms with Crippen LogP contribution in [-0.4, -0.2) is 19.6 Å². The summed E-state index contributed by atoms with van der Waals surface area (Å²) in [4.78, 5) is 10.1. The van der Waals surface area contributed by atoms with Crippen LogP contribution >= 0.6 is 0 Å². The van der Waals surface area contributed by atoms with Crippen LogP contribution in [0.15, 0.2) is 139 Å². The second-order valence-corrected chi connectivity index (χ2v) is 18.8. The quantitative estimate of drug-likeness (QED) is 0.149. The molecule has 8 aromatic rings. The van der Waals surface area contributed by atoms with E-state index in [2.05, 4.69) is 133 Å². The zero-order chi connectivity index (χ0) is 50.2. The van der Waals surface area contributed by atoms with Gasteiger partial charge in [-0.25, -0.2) is 4.98 Å². The zero-order valence-electron chi connectivity index (χ0n) is 44.9. The molecule has 0 unspecified atom stereocenters. The van der Waals surface area contributed by atoms with E-state index < -0.39 is 17.6 Å². The summed E-state index contributed by atoms with van der Waals surface area (Å²) in [7, 11) is 0. The van der Waals surface area contributed by atoms with Gasteiger partial charge in [-0.05, 0) is 129 Å². The fraction of sp³-hybridized carbons (Fsp3) is 0.276. The Labute approximate surface area is 379 Å². The maximum absolute atomic E-state index is 12.4. The van der Waals surface area contributed by atoms with Gasteiger partial charge in [-0.15, -0.1) is 0 Å². The molecule has 0 fully saturated rings. The molecule has 0 aliphatic heterocycles. The van der Waals surface area contributed by atoms with E-state index in [1.807, 2.05) is 42.5 Å². The predicted molar refractivity (Wildman–Crippen MR) is 263 cm³/mol. The second-order valence-electron chi connectivity index (χ2n) is 18.8. The Bertz CT molecular complexity index is 3300. The van der Waals surface area contributed by atoms with Crippen LogP contribution in [0.1, 0.15) is 125 Å². The van der Waals surface area contributed by atoms with Gasteiger partial charge in [-0.1, -0.05) is 160 Å². The van der Waals surface area contributed by atoms with Gasteiger partial charge in [-0.3, -0.25) is 9.55 Å². The van der Waals surface area contributed by atoms with Crippen LogP contribution in [0.25, 0.3) is 72.7 Å². The van der Waals surface area contributed by atoms with Crippen molar-refractivity contribution in [2.75, 3.05) is 0 Å². The van der Waals surface area contributed by atoms with Gasteiger partial charge in [0.05, 0.1) is 37.6 Å². The average Bonchev–Trinajstić information content (AvgIpc) is 3.71. The van der Waals surface area contributed by atoms with E-state index in [0.717, 1.165) is 56.6 Å². The number of fused-ring (bicyclic) bond motifs is 1. The summed E-state index contributed by atoms with van der Waals surface area (Å²) in [5.41, 5.74) is 10.5. The van der Waals surface area contributed by atoms with E-state index in [0.29, 0.717) is 22.5 Å². The molecule has 314 valence electrons. The standard InChI is InChI=1S/C58H61N3O/c1-12-58(10,11)45-25-26-52(49(35-45)40-17-14-13-15-18-40)61-53-20-16-19-47(54(53)60-56(61)50-33-42(36(2)3)32-48(37(4)5)55(50)62)43-29-44(31-46(30-43)57(7,8)9)51-34-41(27-28-59-51)39-23-21-38(6)22-24-39/h13-37,62H,12H2,1-11H3/i21D,22D,23D,24D,27D,28D,34D. The highest BCUT2D eigenvalue weighted by atomic mass is 16.3. The third kappa shape index (κ3) is 8.11. The lowest BCUT2D eigenvalue weighted by Gasteiger charge is -2.26. The highest BCUT2D eigenvalue weighted by Gasteiger charge is 2.27. The maximum atomic E-state index is 12.4. The van der Waals surface area contributed by atoms with Crippen LogP contribution < -0.4 is 0 Å². The summed E-state index contributed by atoms with van der Waals surface area (Å²) in [6, 6.07) is 31.2. The topological polar surface area (TPSA) is 50.9 Å². The Kier molecular flexibility index (Phi) is 9.17. The summed E-state index contributed by atoms with van der Waals surface area (Å²) >= 11 is 0. The van der Waals surface area contributed by atoms with Crippen LogP contribution in [0.2, 0.25) is 0 Å². The molecule has 1 N–H and O–H groups in total. The van der Waals surface area contributed by atoms with E-state index in [1.54, 1.807) is 0 Å². The zero-order valence-corrected chi connectivity index (χ0v) is 37.9. The molecule has 0 aliphatic rings. The van der Waals surface area contributed by atoms with Crippen molar-refractivity contribution in [2.45, 2.75) is 105 Å². The lowest BCUT2D eigenvalue weighted by Crippen LogP contribution is -2.16. The van der Waals surface area contributed by atoms with Gasteiger partial charge in [-0.2, -0.15) is 0 Å². The fourth-order valence-electron chi connectivity index (χ4n) is 8.02. The first-order chi connectivity index (χ1) is 32.5. The SMILES string of the molecule is [2H]c1nc(-c2cc(-c3cccc4c3nc(-c3cc(C(C)C)cc(C(C)C)c3O)n4-c3ccc(C(C)(C)CC)cc3-c3ccccc3)cc(C(C)(C)C)c2)c([2H])c(-c2c([2H])c([2H])c(C)c([2H])c2[2H])c1[2H]. The molecular weight excluding hydrogens is 755 g/mol. The van der Waals surface area contributed by atoms with E-state index in [9.17, 15) is 6.48 Å². The van der Waals surface area contributed by atoms with Crippen LogP contribution in [0.3, 0.4) is 0 Å². The van der Waals surface area contributed by atoms with Crippen molar-refractivity contribution in [1.29, 1.82) is 0 Å². The number of benzene rings is 6. The molecule has 0 saturated heterocycles. The Morgan fingerprint density at radius 3 is 2.06 bits per heavy atom. The molecule has 62 heavy (non-hydrogen) atoms. The molecule has 0 radical (unpaired) electrons. The van der Waals surface area contributed by atoms with Crippen molar-refractivity contribution in [2.24, 2.45) is 0 Å². The number of phenolic OH excluding ortho intramolecular Hbond substituents is 1. The van der Waals surface area contributed by atoms with Gasteiger partial charge in [0, 0.05) is 22.9 Å². The molecule has 0 saturated carbocycles. The van der Waals surface area contributed by atoms with Crippen LogP contribution in [0.5, 0.6) is 5.75 Å². The molecule has 4 heteroatoms. The molecule has 8 rings (SSSR count). The number of pyridine rings is 1. The second kappa shape index (κ2) is 16.5. The molecule has 0 spiro atoms. The third-order valence-corrected chi connectivity index (χ3v) is 12.3. The highest BCUT2D eigenvalue weighted by Crippen LogP contribution is 2.45. The largest absolute Gasteiger partial charge is 0.507 e. The predicted octanol–water partition coefficient (Wildman–Crippen LogP) is 16.0. The van der Waals surface area contributed by atoms with E-state index in [4.69, 9.17) is 13.2 Å². The Hall–Kier alpha value is -6.26. The van der Waals surface area contributed by atoms with E-state index >= 15 is 0 Å². The van der Waals surface area contributed by atoms with Crippen molar-refractivity contribution in [3.63, 3.8) is 0 Å². The van der Waals surface area contributed by atoms with Crippen LogP contribution in [-0.2, 0) is 10.8 Å². The van der Waals surface area contributed by atoms with Crippen molar-refractivity contribution >= 4 is 11.0 Å². The molecule has 0 aliphatic carbocycles. The molecule has 6 aromatic carbocycles. The van der Waals surface area contributed by atoms with Crippen molar-refractivity contribution in [3.8, 4) is 67.5 Å². The number of hydrogen-bond donors (Lipinski definition) is 1. The van der Waals surface area contributed by atoms with E-state index in [-0.39, 0.29) is 75.6 Å². The van der Waals surface area contributed by atoms with Crippen LogP contribution in [0.4, 0.5) is 0 Å². The van der Waals surface area contributed by atoms with Gasteiger partial charge in [0.25, 0.3) is 0 Å². The lowest BCUT2D eigenvalue weighted by molar-refractivity contribution is 0.466. The fourth-order valence-corrected chi connectivity index (χ4v) is 8.02. The van der Waals surface area contributed by atoms with Gasteiger partial charge >= 0.3 is 0 Å². The van der Waals surface area contributed by atoms with Crippen LogP contribution in [0, 0.1) is 6.92 Å². The molecule has 0 bridgehead atoms. The number of para-hydroxylation sites is 1. The summed E-state index contributed by atoms with van der Waals surface area (Å²) in [5, 5.41) is 12.4. The monoisotopic (exact) mass is 823 g/mol. The Morgan fingerprint density at radius 2 is 1.39 bits per heavy atom. The molecule has 0 amide bonds.